The van der Waals surface area contributed by atoms with Crippen LogP contribution in [-0.2, 0) is 22.6 Å². The number of hydrogen-bond acceptors (Lipinski definition) is 5. The van der Waals surface area contributed by atoms with E-state index in [4.69, 9.17) is 10.5 Å². The largest absolute Gasteiger partial charge is 0.383 e. The van der Waals surface area contributed by atoms with Gasteiger partial charge in [-0.2, -0.15) is 0 Å². The van der Waals surface area contributed by atoms with Gasteiger partial charge in [0.15, 0.2) is 0 Å². The minimum atomic E-state index is -0.109. The minimum absolute atomic E-state index is 0.0324. The van der Waals surface area contributed by atoms with Crippen molar-refractivity contribution in [1.82, 2.24) is 20.3 Å². The quantitative estimate of drug-likeness (QED) is 0.656. The minimum Gasteiger partial charge on any atom is -0.383 e. The van der Waals surface area contributed by atoms with E-state index in [1.165, 1.54) is 4.68 Å². The summed E-state index contributed by atoms with van der Waals surface area (Å²) in [4.78, 5) is 11.7. The first-order chi connectivity index (χ1) is 8.19. The van der Waals surface area contributed by atoms with Crippen molar-refractivity contribution in [2.75, 3.05) is 13.7 Å². The Morgan fingerprint density at radius 2 is 2.47 bits per heavy atom. The highest BCUT2D eigenvalue weighted by Gasteiger charge is 2.11. The molecule has 0 radical (unpaired) electrons. The SMILES string of the molecule is CCC(COC)NC(=O)Cn1cc(CN)nn1. The summed E-state index contributed by atoms with van der Waals surface area (Å²) in [5.74, 6) is -0.109. The van der Waals surface area contributed by atoms with Gasteiger partial charge in [-0.05, 0) is 6.42 Å². The molecule has 17 heavy (non-hydrogen) atoms. The maximum Gasteiger partial charge on any atom is 0.242 e. The number of rotatable bonds is 7. The third-order valence-corrected chi connectivity index (χ3v) is 2.33. The molecule has 0 aromatic carbocycles. The molecule has 0 aliphatic rings. The molecule has 0 spiro atoms. The topological polar surface area (TPSA) is 95.1 Å². The number of nitrogens with two attached hydrogens (primary N) is 1. The van der Waals surface area contributed by atoms with E-state index in [1.54, 1.807) is 13.3 Å². The van der Waals surface area contributed by atoms with Crippen molar-refractivity contribution in [1.29, 1.82) is 0 Å². The van der Waals surface area contributed by atoms with Crippen LogP contribution in [0.4, 0.5) is 0 Å². The van der Waals surface area contributed by atoms with Crippen LogP contribution in [0.15, 0.2) is 6.20 Å². The van der Waals surface area contributed by atoms with E-state index in [2.05, 4.69) is 15.6 Å². The second kappa shape index (κ2) is 6.97. The molecule has 0 saturated heterocycles. The summed E-state index contributed by atoms with van der Waals surface area (Å²) in [7, 11) is 1.61. The molecule has 1 amide bonds. The number of aromatic nitrogens is 3. The number of amides is 1. The fourth-order valence-corrected chi connectivity index (χ4v) is 1.39. The van der Waals surface area contributed by atoms with E-state index in [9.17, 15) is 4.79 Å². The van der Waals surface area contributed by atoms with Gasteiger partial charge < -0.3 is 15.8 Å². The lowest BCUT2D eigenvalue weighted by Gasteiger charge is -2.15. The van der Waals surface area contributed by atoms with Crippen LogP contribution in [0, 0.1) is 0 Å². The van der Waals surface area contributed by atoms with Gasteiger partial charge in [-0.25, -0.2) is 4.68 Å². The predicted molar refractivity (Wildman–Crippen MR) is 62.0 cm³/mol. The molecule has 1 aromatic heterocycles. The lowest BCUT2D eigenvalue weighted by molar-refractivity contribution is -0.123. The summed E-state index contributed by atoms with van der Waals surface area (Å²) in [5.41, 5.74) is 6.07. The molecule has 3 N–H and O–H groups in total. The monoisotopic (exact) mass is 241 g/mol. The molecular formula is C10H19N5O2. The van der Waals surface area contributed by atoms with Crippen molar-refractivity contribution < 1.29 is 9.53 Å². The summed E-state index contributed by atoms with van der Waals surface area (Å²) in [6.45, 7) is 2.97. The van der Waals surface area contributed by atoms with Gasteiger partial charge in [0.25, 0.3) is 0 Å². The molecule has 96 valence electrons. The van der Waals surface area contributed by atoms with Crippen LogP contribution in [0.25, 0.3) is 0 Å². The first-order valence-electron chi connectivity index (χ1n) is 5.57. The van der Waals surface area contributed by atoms with Crippen LogP contribution in [0.3, 0.4) is 0 Å². The molecule has 0 aliphatic carbocycles. The Morgan fingerprint density at radius 3 is 3.00 bits per heavy atom. The van der Waals surface area contributed by atoms with E-state index in [1.807, 2.05) is 6.92 Å². The van der Waals surface area contributed by atoms with Crippen molar-refractivity contribution >= 4 is 5.91 Å². The Kier molecular flexibility index (Phi) is 5.58. The van der Waals surface area contributed by atoms with Gasteiger partial charge in [-0.15, -0.1) is 5.10 Å². The van der Waals surface area contributed by atoms with Crippen molar-refractivity contribution in [3.8, 4) is 0 Å². The molecule has 1 aromatic rings. The highest BCUT2D eigenvalue weighted by molar-refractivity contribution is 5.75. The van der Waals surface area contributed by atoms with Crippen LogP contribution in [-0.4, -0.2) is 40.7 Å². The molecule has 0 fully saturated rings. The first-order valence-corrected chi connectivity index (χ1v) is 5.57. The number of nitrogens with zero attached hydrogens (tertiary/aromatic N) is 3. The summed E-state index contributed by atoms with van der Waals surface area (Å²) in [5, 5.41) is 10.5. The van der Waals surface area contributed by atoms with Crippen LogP contribution in [0.2, 0.25) is 0 Å². The molecule has 0 saturated carbocycles. The Labute approximate surface area is 100 Å². The second-order valence-corrected chi connectivity index (χ2v) is 3.74. The van der Waals surface area contributed by atoms with Gasteiger partial charge in [0.05, 0.1) is 24.5 Å². The van der Waals surface area contributed by atoms with Crippen molar-refractivity contribution in [2.45, 2.75) is 32.5 Å². The van der Waals surface area contributed by atoms with E-state index >= 15 is 0 Å². The Balaban J connectivity index is 2.42. The third kappa shape index (κ3) is 4.49. The first kappa shape index (κ1) is 13.6. The number of hydrogen-bond donors (Lipinski definition) is 2. The molecule has 7 heteroatoms. The molecule has 1 rings (SSSR count). The van der Waals surface area contributed by atoms with Gasteiger partial charge in [0.2, 0.25) is 5.91 Å². The fraction of sp³-hybridized carbons (Fsp3) is 0.700. The fourth-order valence-electron chi connectivity index (χ4n) is 1.39. The van der Waals surface area contributed by atoms with Crippen LogP contribution in [0.5, 0.6) is 0 Å². The standard InChI is InChI=1S/C10H19N5O2/c1-3-8(7-17-2)12-10(16)6-15-5-9(4-11)13-14-15/h5,8H,3-4,6-7,11H2,1-2H3,(H,12,16). The highest BCUT2D eigenvalue weighted by Crippen LogP contribution is 1.94. The average molecular weight is 241 g/mol. The average Bonchev–Trinajstić information content (AvgIpc) is 2.76. The number of nitrogens with one attached hydrogen (secondary N) is 1. The van der Waals surface area contributed by atoms with E-state index < -0.39 is 0 Å². The molecule has 1 atom stereocenters. The summed E-state index contributed by atoms with van der Waals surface area (Å²) in [6.07, 6.45) is 2.49. The number of carbonyl (C=O) groups is 1. The van der Waals surface area contributed by atoms with Crippen LogP contribution in [0.1, 0.15) is 19.0 Å². The van der Waals surface area contributed by atoms with E-state index in [-0.39, 0.29) is 18.5 Å². The number of ether oxygens (including phenoxy) is 1. The zero-order chi connectivity index (χ0) is 12.7. The van der Waals surface area contributed by atoms with Gasteiger partial charge in [0.1, 0.15) is 6.54 Å². The molecular weight excluding hydrogens is 222 g/mol. The smallest absolute Gasteiger partial charge is 0.242 e. The Hall–Kier alpha value is -1.47. The van der Waals surface area contributed by atoms with Gasteiger partial charge >= 0.3 is 0 Å². The summed E-state index contributed by atoms with van der Waals surface area (Å²) >= 11 is 0. The Morgan fingerprint density at radius 1 is 1.71 bits per heavy atom. The lowest BCUT2D eigenvalue weighted by atomic mass is 10.2. The van der Waals surface area contributed by atoms with Crippen LogP contribution < -0.4 is 11.1 Å². The van der Waals surface area contributed by atoms with Crippen LogP contribution >= 0.6 is 0 Å². The molecule has 1 unspecified atom stereocenters. The maximum absolute atomic E-state index is 11.7. The summed E-state index contributed by atoms with van der Waals surface area (Å²) in [6, 6.07) is 0.0324. The highest BCUT2D eigenvalue weighted by atomic mass is 16.5. The summed E-state index contributed by atoms with van der Waals surface area (Å²) < 4.78 is 6.47. The lowest BCUT2D eigenvalue weighted by Crippen LogP contribution is -2.39. The molecule has 1 heterocycles. The molecule has 7 nitrogen and oxygen atoms in total. The number of carbonyl (C=O) groups excluding carboxylic acids is 1. The second-order valence-electron chi connectivity index (χ2n) is 3.74. The van der Waals surface area contributed by atoms with E-state index in [0.717, 1.165) is 6.42 Å². The normalized spacial score (nSPS) is 12.4. The Bertz CT molecular complexity index is 352. The molecule has 0 bridgehead atoms. The molecule has 0 aliphatic heterocycles. The van der Waals surface area contributed by atoms with Crippen molar-refractivity contribution in [3.05, 3.63) is 11.9 Å². The van der Waals surface area contributed by atoms with Gasteiger partial charge in [0, 0.05) is 13.7 Å². The predicted octanol–water partition coefficient (Wildman–Crippen LogP) is -0.722. The zero-order valence-corrected chi connectivity index (χ0v) is 10.2. The maximum atomic E-state index is 11.7. The van der Waals surface area contributed by atoms with Crippen molar-refractivity contribution in [2.24, 2.45) is 5.73 Å². The van der Waals surface area contributed by atoms with Crippen molar-refractivity contribution in [3.63, 3.8) is 0 Å². The zero-order valence-electron chi connectivity index (χ0n) is 10.2. The van der Waals surface area contributed by atoms with E-state index in [0.29, 0.717) is 18.8 Å². The number of methoxy groups -OCH3 is 1. The third-order valence-electron chi connectivity index (χ3n) is 2.33. The van der Waals surface area contributed by atoms with Gasteiger partial charge in [-0.1, -0.05) is 12.1 Å². The van der Waals surface area contributed by atoms with Gasteiger partial charge in [-0.3, -0.25) is 4.79 Å².